The van der Waals surface area contributed by atoms with Crippen LogP contribution in [0.15, 0.2) is 16.6 Å². The van der Waals surface area contributed by atoms with E-state index in [-0.39, 0.29) is 5.82 Å². The molecule has 0 aliphatic carbocycles. The quantitative estimate of drug-likeness (QED) is 0.928. The molecule has 2 aromatic rings. The smallest absolute Gasteiger partial charge is 0.231 e. The van der Waals surface area contributed by atoms with Crippen molar-refractivity contribution in [1.29, 1.82) is 0 Å². The first-order valence-electron chi connectivity index (χ1n) is 5.00. The van der Waals surface area contributed by atoms with Crippen LogP contribution in [0.25, 0.3) is 10.9 Å². The molecule has 18 heavy (non-hydrogen) atoms. The van der Waals surface area contributed by atoms with Crippen molar-refractivity contribution in [3.8, 4) is 5.75 Å². The van der Waals surface area contributed by atoms with E-state index in [1.807, 2.05) is 6.07 Å². The van der Waals surface area contributed by atoms with Gasteiger partial charge in [-0.1, -0.05) is 0 Å². The monoisotopic (exact) mass is 333 g/mol. The fraction of sp³-hybridized carbons (Fsp3) is 0.300. The third-order valence-corrected chi connectivity index (χ3v) is 3.61. The summed E-state index contributed by atoms with van der Waals surface area (Å²) >= 11 is 3.41. The van der Waals surface area contributed by atoms with Crippen LogP contribution in [-0.4, -0.2) is 31.6 Å². The van der Waals surface area contributed by atoms with Gasteiger partial charge in [0, 0.05) is 11.5 Å². The molecular weight excluding hydrogens is 322 g/mol. The van der Waals surface area contributed by atoms with Crippen LogP contribution in [0.2, 0.25) is 0 Å². The lowest BCUT2D eigenvalue weighted by atomic mass is 10.2. The molecule has 0 aliphatic rings. The topological polar surface area (TPSA) is 73.2 Å². The van der Waals surface area contributed by atoms with E-state index in [2.05, 4.69) is 25.8 Å². The summed E-state index contributed by atoms with van der Waals surface area (Å²) in [5, 5.41) is 4.79. The van der Waals surface area contributed by atoms with Gasteiger partial charge in [-0.25, -0.2) is 8.42 Å². The molecule has 0 unspecified atom stereocenters. The SMILES string of the molecule is COc1ccc(Br)c2c1c(NS(C)(=O)=O)nn2C. The molecule has 0 saturated carbocycles. The molecule has 1 aromatic carbocycles. The lowest BCUT2D eigenvalue weighted by molar-refractivity contribution is 0.420. The molecule has 0 spiro atoms. The fourth-order valence-electron chi connectivity index (χ4n) is 1.76. The largest absolute Gasteiger partial charge is 0.496 e. The minimum atomic E-state index is -3.39. The Morgan fingerprint density at radius 2 is 2.11 bits per heavy atom. The standard InChI is InChI=1S/C10H12BrN3O3S/c1-14-9-6(11)4-5-7(17-2)8(9)10(12-14)13-18(3,15)16/h4-5H,1-3H3,(H,12,13). The Labute approximate surface area is 113 Å². The maximum atomic E-state index is 11.3. The highest BCUT2D eigenvalue weighted by Gasteiger charge is 2.18. The maximum Gasteiger partial charge on any atom is 0.231 e. The highest BCUT2D eigenvalue weighted by molar-refractivity contribution is 9.10. The number of benzene rings is 1. The summed E-state index contributed by atoms with van der Waals surface area (Å²) in [5.74, 6) is 0.820. The molecule has 98 valence electrons. The van der Waals surface area contributed by atoms with Crippen molar-refractivity contribution in [1.82, 2.24) is 9.78 Å². The zero-order chi connectivity index (χ0) is 13.5. The van der Waals surface area contributed by atoms with Crippen molar-refractivity contribution >= 4 is 42.7 Å². The second-order valence-electron chi connectivity index (χ2n) is 3.82. The highest BCUT2D eigenvalue weighted by Crippen LogP contribution is 2.36. The molecule has 0 bridgehead atoms. The Balaban J connectivity index is 2.79. The van der Waals surface area contributed by atoms with Gasteiger partial charge in [-0.15, -0.1) is 0 Å². The minimum absolute atomic E-state index is 0.258. The number of rotatable bonds is 3. The summed E-state index contributed by atoms with van der Waals surface area (Å²) in [6.45, 7) is 0. The molecular formula is C10H12BrN3O3S. The van der Waals surface area contributed by atoms with E-state index in [0.717, 1.165) is 16.2 Å². The van der Waals surface area contributed by atoms with Gasteiger partial charge in [0.25, 0.3) is 0 Å². The van der Waals surface area contributed by atoms with Gasteiger partial charge in [0.1, 0.15) is 5.75 Å². The molecule has 0 fully saturated rings. The van der Waals surface area contributed by atoms with Crippen LogP contribution in [0.4, 0.5) is 5.82 Å². The molecule has 0 saturated heterocycles. The van der Waals surface area contributed by atoms with Crippen molar-refractivity contribution in [2.45, 2.75) is 0 Å². The van der Waals surface area contributed by atoms with Crippen LogP contribution in [0, 0.1) is 0 Å². The van der Waals surface area contributed by atoms with Crippen LogP contribution in [0.3, 0.4) is 0 Å². The van der Waals surface area contributed by atoms with Gasteiger partial charge in [-0.05, 0) is 28.1 Å². The van der Waals surface area contributed by atoms with Crippen molar-refractivity contribution in [2.24, 2.45) is 7.05 Å². The van der Waals surface area contributed by atoms with Crippen molar-refractivity contribution in [2.75, 3.05) is 18.1 Å². The molecule has 1 aromatic heterocycles. The van der Waals surface area contributed by atoms with Crippen LogP contribution in [-0.2, 0) is 17.1 Å². The second-order valence-corrected chi connectivity index (χ2v) is 6.42. The van der Waals surface area contributed by atoms with Gasteiger partial charge in [-0.3, -0.25) is 9.40 Å². The molecule has 2 rings (SSSR count). The molecule has 0 aliphatic heterocycles. The summed E-state index contributed by atoms with van der Waals surface area (Å²) < 4.78 is 32.7. The first kappa shape index (κ1) is 13.2. The number of hydrogen-bond acceptors (Lipinski definition) is 4. The van der Waals surface area contributed by atoms with Crippen molar-refractivity contribution in [3.05, 3.63) is 16.6 Å². The lowest BCUT2D eigenvalue weighted by Gasteiger charge is -2.05. The third kappa shape index (κ3) is 2.30. The number of aromatic nitrogens is 2. The number of nitrogens with one attached hydrogen (secondary N) is 1. The van der Waals surface area contributed by atoms with Gasteiger partial charge in [0.05, 0.1) is 24.3 Å². The number of halogens is 1. The molecule has 0 atom stereocenters. The number of fused-ring (bicyclic) bond motifs is 1. The molecule has 6 nitrogen and oxygen atoms in total. The van der Waals surface area contributed by atoms with Crippen molar-refractivity contribution in [3.63, 3.8) is 0 Å². The predicted octanol–water partition coefficient (Wildman–Crippen LogP) is 1.72. The van der Waals surface area contributed by atoms with Crippen LogP contribution in [0.1, 0.15) is 0 Å². The van der Waals surface area contributed by atoms with Crippen LogP contribution in [0.5, 0.6) is 5.75 Å². The number of sulfonamides is 1. The average molecular weight is 334 g/mol. The van der Waals surface area contributed by atoms with Crippen LogP contribution >= 0.6 is 15.9 Å². The number of anilines is 1. The zero-order valence-corrected chi connectivity index (χ0v) is 12.5. The summed E-state index contributed by atoms with van der Waals surface area (Å²) in [6, 6.07) is 3.58. The van der Waals surface area contributed by atoms with Gasteiger partial charge in [0.15, 0.2) is 5.82 Å². The third-order valence-electron chi connectivity index (χ3n) is 2.40. The van der Waals surface area contributed by atoms with Gasteiger partial charge in [-0.2, -0.15) is 5.10 Å². The Bertz CT molecular complexity index is 709. The van der Waals surface area contributed by atoms with E-state index >= 15 is 0 Å². The Kier molecular flexibility index (Phi) is 3.24. The summed E-state index contributed by atoms with van der Waals surface area (Å²) in [4.78, 5) is 0. The van der Waals surface area contributed by atoms with Crippen LogP contribution < -0.4 is 9.46 Å². The number of nitrogens with zero attached hydrogens (tertiary/aromatic N) is 2. The Hall–Kier alpha value is -1.28. The second kappa shape index (κ2) is 4.43. The van der Waals surface area contributed by atoms with Gasteiger partial charge >= 0.3 is 0 Å². The molecule has 8 heteroatoms. The zero-order valence-electron chi connectivity index (χ0n) is 10.1. The average Bonchev–Trinajstić information content (AvgIpc) is 2.55. The summed E-state index contributed by atoms with van der Waals surface area (Å²) in [7, 11) is -0.126. The van der Waals surface area contributed by atoms with E-state index < -0.39 is 10.0 Å². The minimum Gasteiger partial charge on any atom is -0.496 e. The van der Waals surface area contributed by atoms with Crippen molar-refractivity contribution < 1.29 is 13.2 Å². The Morgan fingerprint density at radius 1 is 1.44 bits per heavy atom. The number of aryl methyl sites for hydroxylation is 1. The number of hydrogen-bond donors (Lipinski definition) is 1. The maximum absolute atomic E-state index is 11.3. The normalized spacial score (nSPS) is 11.8. The molecule has 0 radical (unpaired) electrons. The first-order valence-corrected chi connectivity index (χ1v) is 7.69. The molecule has 0 amide bonds. The molecule has 1 heterocycles. The Morgan fingerprint density at radius 3 is 2.67 bits per heavy atom. The lowest BCUT2D eigenvalue weighted by Crippen LogP contribution is -2.10. The van der Waals surface area contributed by atoms with E-state index in [4.69, 9.17) is 4.74 Å². The summed E-state index contributed by atoms with van der Waals surface area (Å²) in [5.41, 5.74) is 0.764. The number of methoxy groups -OCH3 is 1. The fourth-order valence-corrected chi connectivity index (χ4v) is 2.84. The van der Waals surface area contributed by atoms with E-state index in [0.29, 0.717) is 11.1 Å². The van der Waals surface area contributed by atoms with E-state index in [1.165, 1.54) is 7.11 Å². The van der Waals surface area contributed by atoms with Gasteiger partial charge in [0.2, 0.25) is 10.0 Å². The van der Waals surface area contributed by atoms with E-state index in [1.54, 1.807) is 17.8 Å². The predicted molar refractivity (Wildman–Crippen MR) is 73.4 cm³/mol. The van der Waals surface area contributed by atoms with E-state index in [9.17, 15) is 8.42 Å². The number of ether oxygens (including phenoxy) is 1. The molecule has 1 N–H and O–H groups in total. The highest BCUT2D eigenvalue weighted by atomic mass is 79.9. The first-order chi connectivity index (χ1) is 8.33. The van der Waals surface area contributed by atoms with Gasteiger partial charge < -0.3 is 4.74 Å². The summed E-state index contributed by atoms with van der Waals surface area (Å²) in [6.07, 6.45) is 1.08.